The van der Waals surface area contributed by atoms with Crippen molar-refractivity contribution < 1.29 is 4.39 Å². The molecule has 0 saturated heterocycles. The van der Waals surface area contributed by atoms with Gasteiger partial charge in [0.25, 0.3) is 0 Å². The van der Waals surface area contributed by atoms with E-state index in [-0.39, 0.29) is 11.2 Å². The molecule has 0 amide bonds. The molecule has 0 bridgehead atoms. The Balaban J connectivity index is 2.01. The summed E-state index contributed by atoms with van der Waals surface area (Å²) >= 11 is 5.86. The Hall–Kier alpha value is -0.560. The van der Waals surface area contributed by atoms with Crippen molar-refractivity contribution in [2.75, 3.05) is 0 Å². The third-order valence-electron chi connectivity index (χ3n) is 5.29. The Morgan fingerprint density at radius 3 is 2.33 bits per heavy atom. The van der Waals surface area contributed by atoms with Crippen LogP contribution >= 0.6 is 11.6 Å². The van der Waals surface area contributed by atoms with Crippen molar-refractivity contribution in [1.82, 2.24) is 0 Å². The third kappa shape index (κ3) is 4.22. The third-order valence-corrected chi connectivity index (χ3v) is 5.53. The molecule has 0 N–H and O–H groups in total. The minimum absolute atomic E-state index is 0.121. The first-order valence-corrected chi connectivity index (χ1v) is 8.63. The summed E-state index contributed by atoms with van der Waals surface area (Å²) in [7, 11) is 0. The van der Waals surface area contributed by atoms with E-state index in [4.69, 9.17) is 11.6 Å². The van der Waals surface area contributed by atoms with Crippen molar-refractivity contribution >= 4 is 11.6 Å². The molecule has 0 aromatic heterocycles. The first kappa shape index (κ1) is 16.8. The van der Waals surface area contributed by atoms with Crippen LogP contribution in [0.25, 0.3) is 0 Å². The molecule has 1 saturated carbocycles. The van der Waals surface area contributed by atoms with Crippen LogP contribution in [-0.4, -0.2) is 0 Å². The lowest BCUT2D eigenvalue weighted by Crippen LogP contribution is -2.26. The molecule has 0 nitrogen and oxygen atoms in total. The number of hydrogen-bond donors (Lipinski definition) is 0. The van der Waals surface area contributed by atoms with E-state index in [1.165, 1.54) is 31.7 Å². The van der Waals surface area contributed by atoms with Crippen molar-refractivity contribution in [3.63, 3.8) is 0 Å². The van der Waals surface area contributed by atoms with E-state index < -0.39 is 0 Å². The highest BCUT2D eigenvalue weighted by Gasteiger charge is 2.31. The lowest BCUT2D eigenvalue weighted by Gasteiger charge is -2.36. The van der Waals surface area contributed by atoms with E-state index in [0.717, 1.165) is 29.7 Å². The van der Waals surface area contributed by atoms with Crippen LogP contribution < -0.4 is 0 Å². The molecule has 0 atom stereocenters. The molecule has 1 fully saturated rings. The van der Waals surface area contributed by atoms with Gasteiger partial charge in [-0.05, 0) is 60.1 Å². The van der Waals surface area contributed by atoms with Crippen LogP contribution in [0.1, 0.15) is 65.4 Å². The molecule has 0 heterocycles. The van der Waals surface area contributed by atoms with Gasteiger partial charge < -0.3 is 0 Å². The fourth-order valence-corrected chi connectivity index (χ4v) is 4.09. The van der Waals surface area contributed by atoms with Gasteiger partial charge in [0.1, 0.15) is 5.82 Å². The van der Waals surface area contributed by atoms with Gasteiger partial charge in [0.15, 0.2) is 0 Å². The van der Waals surface area contributed by atoms with E-state index in [0.29, 0.717) is 5.02 Å². The van der Waals surface area contributed by atoms with Crippen LogP contribution in [0, 0.1) is 23.6 Å². The highest BCUT2D eigenvalue weighted by Crippen LogP contribution is 2.41. The molecule has 2 heteroatoms. The Kier molecular flexibility index (Phi) is 5.35. The molecule has 1 aromatic rings. The lowest BCUT2D eigenvalue weighted by molar-refractivity contribution is 0.195. The molecule has 1 aliphatic rings. The molecule has 1 aliphatic carbocycles. The summed E-state index contributed by atoms with van der Waals surface area (Å²) in [5.74, 6) is 2.25. The normalized spacial score (nSPS) is 23.6. The molecule has 0 aliphatic heterocycles. The average molecular weight is 311 g/mol. The van der Waals surface area contributed by atoms with Gasteiger partial charge in [0.05, 0.1) is 0 Å². The van der Waals surface area contributed by atoms with Crippen molar-refractivity contribution in [2.24, 2.45) is 17.8 Å². The largest absolute Gasteiger partial charge is 0.207 e. The van der Waals surface area contributed by atoms with Gasteiger partial charge in [0.2, 0.25) is 0 Å². The highest BCUT2D eigenvalue weighted by atomic mass is 35.5. The Morgan fingerprint density at radius 1 is 1.19 bits per heavy atom. The summed E-state index contributed by atoms with van der Waals surface area (Å²) in [6.45, 7) is 8.98. The molecule has 0 unspecified atom stereocenters. The van der Waals surface area contributed by atoms with Gasteiger partial charge >= 0.3 is 0 Å². The number of halogens is 2. The first-order valence-electron chi connectivity index (χ1n) is 8.25. The second-order valence-electron chi connectivity index (χ2n) is 7.74. The van der Waals surface area contributed by atoms with Gasteiger partial charge in [-0.1, -0.05) is 58.2 Å². The van der Waals surface area contributed by atoms with E-state index >= 15 is 0 Å². The van der Waals surface area contributed by atoms with Crippen LogP contribution in [0.4, 0.5) is 4.39 Å². The van der Waals surface area contributed by atoms with Crippen molar-refractivity contribution in [1.29, 1.82) is 0 Å². The maximum atomic E-state index is 14.2. The molecular weight excluding hydrogens is 283 g/mol. The number of benzene rings is 1. The lowest BCUT2D eigenvalue weighted by atomic mass is 9.69. The summed E-state index contributed by atoms with van der Waals surface area (Å²) in [5.41, 5.74) is 0.683. The highest BCUT2D eigenvalue weighted by molar-refractivity contribution is 6.30. The number of hydrogen-bond acceptors (Lipinski definition) is 0. The smallest absolute Gasteiger partial charge is 0.128 e. The van der Waals surface area contributed by atoms with Crippen LogP contribution in [0.15, 0.2) is 18.2 Å². The summed E-state index contributed by atoms with van der Waals surface area (Å²) < 4.78 is 14.2. The maximum absolute atomic E-state index is 14.2. The molecule has 21 heavy (non-hydrogen) atoms. The first-order chi connectivity index (χ1) is 9.79. The maximum Gasteiger partial charge on any atom is 0.128 e. The minimum Gasteiger partial charge on any atom is -0.207 e. The SMILES string of the molecule is CC(C)C1CCC(CC(C)(C)c2ccc(Cl)cc2F)CC1. The van der Waals surface area contributed by atoms with E-state index in [9.17, 15) is 4.39 Å². The minimum atomic E-state index is -0.164. The van der Waals surface area contributed by atoms with Gasteiger partial charge in [-0.3, -0.25) is 0 Å². The van der Waals surface area contributed by atoms with Crippen LogP contribution in [-0.2, 0) is 5.41 Å². The van der Waals surface area contributed by atoms with Crippen LogP contribution in [0.2, 0.25) is 5.02 Å². The summed E-state index contributed by atoms with van der Waals surface area (Å²) in [6, 6.07) is 5.10. The fourth-order valence-electron chi connectivity index (χ4n) is 3.93. The summed E-state index contributed by atoms with van der Waals surface area (Å²) in [4.78, 5) is 0. The Bertz CT molecular complexity index is 470. The average Bonchev–Trinajstić information content (AvgIpc) is 2.38. The zero-order valence-electron chi connectivity index (χ0n) is 13.8. The summed E-state index contributed by atoms with van der Waals surface area (Å²) in [5, 5.41) is 0.476. The van der Waals surface area contributed by atoms with Crippen LogP contribution in [0.5, 0.6) is 0 Å². The topological polar surface area (TPSA) is 0 Å². The van der Waals surface area contributed by atoms with Gasteiger partial charge in [0, 0.05) is 5.02 Å². The van der Waals surface area contributed by atoms with E-state index in [2.05, 4.69) is 27.7 Å². The van der Waals surface area contributed by atoms with Gasteiger partial charge in [-0.25, -0.2) is 4.39 Å². The van der Waals surface area contributed by atoms with E-state index in [1.54, 1.807) is 6.07 Å². The Labute approximate surface area is 134 Å². The predicted octanol–water partition coefficient (Wildman–Crippen LogP) is 6.61. The molecule has 118 valence electrons. The molecular formula is C19H28ClF. The molecule has 0 spiro atoms. The fraction of sp³-hybridized carbons (Fsp3) is 0.684. The standard InChI is InChI=1S/C19H28ClF/c1-13(2)15-7-5-14(6-8-15)12-19(3,4)17-10-9-16(20)11-18(17)21/h9-11,13-15H,5-8,12H2,1-4H3. The van der Waals surface area contributed by atoms with Crippen molar-refractivity contribution in [3.8, 4) is 0 Å². The second kappa shape index (κ2) is 6.69. The quantitative estimate of drug-likeness (QED) is 0.587. The van der Waals surface area contributed by atoms with Gasteiger partial charge in [-0.15, -0.1) is 0 Å². The predicted molar refractivity (Wildman–Crippen MR) is 89.3 cm³/mol. The molecule has 1 aromatic carbocycles. The van der Waals surface area contributed by atoms with Crippen LogP contribution in [0.3, 0.4) is 0 Å². The zero-order valence-corrected chi connectivity index (χ0v) is 14.5. The monoisotopic (exact) mass is 310 g/mol. The van der Waals surface area contributed by atoms with E-state index in [1.807, 2.05) is 6.07 Å². The number of rotatable bonds is 4. The Morgan fingerprint density at radius 2 is 1.81 bits per heavy atom. The molecule has 0 radical (unpaired) electrons. The second-order valence-corrected chi connectivity index (χ2v) is 8.17. The van der Waals surface area contributed by atoms with Crippen molar-refractivity contribution in [2.45, 2.75) is 65.2 Å². The zero-order chi connectivity index (χ0) is 15.6. The van der Waals surface area contributed by atoms with Gasteiger partial charge in [-0.2, -0.15) is 0 Å². The van der Waals surface area contributed by atoms with Crippen molar-refractivity contribution in [3.05, 3.63) is 34.6 Å². The summed E-state index contributed by atoms with van der Waals surface area (Å²) in [6.07, 6.45) is 6.32. The molecule has 2 rings (SSSR count).